The first-order valence-corrected chi connectivity index (χ1v) is 7.61. The lowest BCUT2D eigenvalue weighted by Crippen LogP contribution is -2.38. The second kappa shape index (κ2) is 6.50. The Hall–Kier alpha value is -1.52. The van der Waals surface area contributed by atoms with Gasteiger partial charge in [-0.15, -0.1) is 0 Å². The summed E-state index contributed by atoms with van der Waals surface area (Å²) < 4.78 is 1.99. The molecular formula is C16H21ClN2O2. The normalized spacial score (nSPS) is 12.6. The first-order valence-electron chi connectivity index (χ1n) is 7.23. The van der Waals surface area contributed by atoms with Crippen LogP contribution in [0.3, 0.4) is 0 Å². The average Bonchev–Trinajstić information content (AvgIpc) is 2.76. The van der Waals surface area contributed by atoms with Gasteiger partial charge in [-0.05, 0) is 44.0 Å². The average molecular weight is 309 g/mol. The molecular weight excluding hydrogens is 288 g/mol. The molecule has 0 saturated heterocycles. The Morgan fingerprint density at radius 3 is 2.71 bits per heavy atom. The van der Waals surface area contributed by atoms with Gasteiger partial charge in [0, 0.05) is 22.5 Å². The van der Waals surface area contributed by atoms with Crippen molar-refractivity contribution in [3.63, 3.8) is 0 Å². The molecule has 0 spiro atoms. The molecule has 21 heavy (non-hydrogen) atoms. The maximum absolute atomic E-state index is 12.6. The van der Waals surface area contributed by atoms with Crippen molar-refractivity contribution in [3.8, 4) is 0 Å². The first-order chi connectivity index (χ1) is 10.0. The van der Waals surface area contributed by atoms with Crippen LogP contribution in [0.5, 0.6) is 0 Å². The van der Waals surface area contributed by atoms with Crippen LogP contribution >= 0.6 is 11.6 Å². The van der Waals surface area contributed by atoms with Crippen LogP contribution in [-0.4, -0.2) is 28.2 Å². The Bertz CT molecular complexity index is 660. The minimum Gasteiger partial charge on any atom is -0.394 e. The van der Waals surface area contributed by atoms with Gasteiger partial charge in [0.2, 0.25) is 0 Å². The number of aliphatic hydroxyl groups excluding tert-OH is 1. The summed E-state index contributed by atoms with van der Waals surface area (Å²) in [6, 6.07) is 5.44. The molecule has 0 aliphatic carbocycles. The molecule has 2 N–H and O–H groups in total. The van der Waals surface area contributed by atoms with Gasteiger partial charge in [-0.1, -0.05) is 18.5 Å². The first kappa shape index (κ1) is 15.9. The van der Waals surface area contributed by atoms with Crippen LogP contribution in [-0.2, 0) is 6.54 Å². The molecule has 1 atom stereocenters. The molecule has 2 aromatic rings. The molecule has 1 unspecified atom stereocenters. The molecule has 1 amide bonds. The van der Waals surface area contributed by atoms with Gasteiger partial charge in [0.15, 0.2) is 0 Å². The van der Waals surface area contributed by atoms with Crippen LogP contribution in [0.25, 0.3) is 10.9 Å². The van der Waals surface area contributed by atoms with Crippen LogP contribution in [0.2, 0.25) is 5.02 Å². The summed E-state index contributed by atoms with van der Waals surface area (Å²) in [5.41, 5.74) is 2.56. The summed E-state index contributed by atoms with van der Waals surface area (Å²) in [7, 11) is 0. The number of hydrogen-bond acceptors (Lipinski definition) is 2. The van der Waals surface area contributed by atoms with E-state index in [1.807, 2.05) is 43.5 Å². The molecule has 2 rings (SSSR count). The standard InChI is InChI=1S/C16H21ClN2O2/c1-4-12(9-20)18-16(21)15-10(3)13-8-11(17)6-7-14(13)19(15)5-2/h6-8,12,20H,4-5,9H2,1-3H3,(H,18,21). The Morgan fingerprint density at radius 2 is 2.14 bits per heavy atom. The molecule has 1 aromatic carbocycles. The highest BCUT2D eigenvalue weighted by Crippen LogP contribution is 2.28. The fourth-order valence-corrected chi connectivity index (χ4v) is 2.82. The van der Waals surface area contributed by atoms with E-state index in [4.69, 9.17) is 11.6 Å². The zero-order valence-electron chi connectivity index (χ0n) is 12.6. The number of aromatic nitrogens is 1. The Labute approximate surface area is 129 Å². The number of aliphatic hydroxyl groups is 1. The minimum absolute atomic E-state index is 0.0561. The molecule has 0 saturated carbocycles. The highest BCUT2D eigenvalue weighted by molar-refractivity contribution is 6.31. The second-order valence-corrected chi connectivity index (χ2v) is 5.58. The topological polar surface area (TPSA) is 54.3 Å². The number of aryl methyl sites for hydroxylation is 2. The van der Waals surface area contributed by atoms with E-state index >= 15 is 0 Å². The number of benzene rings is 1. The summed E-state index contributed by atoms with van der Waals surface area (Å²) in [5, 5.41) is 13.8. The van der Waals surface area contributed by atoms with E-state index in [1.54, 1.807) is 0 Å². The van der Waals surface area contributed by atoms with Gasteiger partial charge in [0.05, 0.1) is 12.6 Å². The molecule has 0 radical (unpaired) electrons. The smallest absolute Gasteiger partial charge is 0.268 e. The maximum Gasteiger partial charge on any atom is 0.268 e. The van der Waals surface area contributed by atoms with Crippen molar-refractivity contribution in [1.82, 2.24) is 9.88 Å². The van der Waals surface area contributed by atoms with Crippen molar-refractivity contribution in [3.05, 3.63) is 34.5 Å². The monoisotopic (exact) mass is 308 g/mol. The molecule has 0 aliphatic rings. The zero-order chi connectivity index (χ0) is 15.6. The third-order valence-corrected chi connectivity index (χ3v) is 4.09. The van der Waals surface area contributed by atoms with E-state index in [1.165, 1.54) is 0 Å². The number of amides is 1. The Balaban J connectivity index is 2.52. The van der Waals surface area contributed by atoms with Gasteiger partial charge in [-0.2, -0.15) is 0 Å². The maximum atomic E-state index is 12.6. The largest absolute Gasteiger partial charge is 0.394 e. The summed E-state index contributed by atoms with van der Waals surface area (Å²) in [6.07, 6.45) is 0.694. The summed E-state index contributed by atoms with van der Waals surface area (Å²) in [5.74, 6) is -0.150. The number of carbonyl (C=O) groups is 1. The SMILES string of the molecule is CCC(CO)NC(=O)c1c(C)c2cc(Cl)ccc2n1CC. The lowest BCUT2D eigenvalue weighted by Gasteiger charge is -2.15. The van der Waals surface area contributed by atoms with Crippen molar-refractivity contribution in [2.45, 2.75) is 39.8 Å². The van der Waals surface area contributed by atoms with Crippen LogP contribution in [0, 0.1) is 6.92 Å². The van der Waals surface area contributed by atoms with Gasteiger partial charge in [-0.3, -0.25) is 4.79 Å². The number of halogens is 1. The lowest BCUT2D eigenvalue weighted by atomic mass is 10.1. The van der Waals surface area contributed by atoms with Gasteiger partial charge in [0.25, 0.3) is 5.91 Å². The number of rotatable bonds is 5. The van der Waals surface area contributed by atoms with Crippen molar-refractivity contribution in [1.29, 1.82) is 0 Å². The molecule has 0 fully saturated rings. The van der Waals surface area contributed by atoms with Crippen molar-refractivity contribution in [2.24, 2.45) is 0 Å². The van der Waals surface area contributed by atoms with Crippen LogP contribution in [0.15, 0.2) is 18.2 Å². The highest BCUT2D eigenvalue weighted by atomic mass is 35.5. The molecule has 114 valence electrons. The van der Waals surface area contributed by atoms with E-state index in [2.05, 4.69) is 5.32 Å². The van der Waals surface area contributed by atoms with E-state index in [-0.39, 0.29) is 18.6 Å². The van der Waals surface area contributed by atoms with Crippen molar-refractivity contribution < 1.29 is 9.90 Å². The fraction of sp³-hybridized carbons (Fsp3) is 0.438. The predicted molar refractivity (Wildman–Crippen MR) is 86.0 cm³/mol. The highest BCUT2D eigenvalue weighted by Gasteiger charge is 2.21. The van der Waals surface area contributed by atoms with Crippen molar-refractivity contribution in [2.75, 3.05) is 6.61 Å². The number of nitrogens with zero attached hydrogens (tertiary/aromatic N) is 1. The Kier molecular flexibility index (Phi) is 4.91. The predicted octanol–water partition coefficient (Wildman–Crippen LogP) is 3.12. The van der Waals surface area contributed by atoms with Crippen LogP contribution < -0.4 is 5.32 Å². The number of hydrogen-bond donors (Lipinski definition) is 2. The number of nitrogens with one attached hydrogen (secondary N) is 1. The van der Waals surface area contributed by atoms with Gasteiger partial charge >= 0.3 is 0 Å². The number of fused-ring (bicyclic) bond motifs is 1. The van der Waals surface area contributed by atoms with Gasteiger partial charge < -0.3 is 15.0 Å². The van der Waals surface area contributed by atoms with Gasteiger partial charge in [-0.25, -0.2) is 0 Å². The van der Waals surface area contributed by atoms with Crippen LogP contribution in [0.4, 0.5) is 0 Å². The Morgan fingerprint density at radius 1 is 1.43 bits per heavy atom. The quantitative estimate of drug-likeness (QED) is 0.891. The summed E-state index contributed by atoms with van der Waals surface area (Å²) in [6.45, 7) is 6.51. The lowest BCUT2D eigenvalue weighted by molar-refractivity contribution is 0.0905. The molecule has 0 aliphatic heterocycles. The zero-order valence-corrected chi connectivity index (χ0v) is 13.4. The second-order valence-electron chi connectivity index (χ2n) is 5.14. The van der Waals surface area contributed by atoms with Crippen LogP contribution in [0.1, 0.15) is 36.3 Å². The molecule has 1 aromatic heterocycles. The third-order valence-electron chi connectivity index (χ3n) is 3.86. The van der Waals surface area contributed by atoms with E-state index in [9.17, 15) is 9.90 Å². The summed E-state index contributed by atoms with van der Waals surface area (Å²) in [4.78, 5) is 12.6. The minimum atomic E-state index is -0.219. The van der Waals surface area contributed by atoms with E-state index in [0.717, 1.165) is 16.5 Å². The third kappa shape index (κ3) is 2.92. The van der Waals surface area contributed by atoms with E-state index in [0.29, 0.717) is 23.7 Å². The molecule has 5 heteroatoms. The number of carbonyl (C=O) groups excluding carboxylic acids is 1. The molecule has 1 heterocycles. The van der Waals surface area contributed by atoms with Gasteiger partial charge in [0.1, 0.15) is 5.69 Å². The summed E-state index contributed by atoms with van der Waals surface area (Å²) >= 11 is 6.06. The van der Waals surface area contributed by atoms with E-state index < -0.39 is 0 Å². The fourth-order valence-electron chi connectivity index (χ4n) is 2.65. The van der Waals surface area contributed by atoms with Crippen molar-refractivity contribution >= 4 is 28.4 Å². The molecule has 4 nitrogen and oxygen atoms in total. The molecule has 0 bridgehead atoms.